The molecule has 0 bridgehead atoms. The Morgan fingerprint density at radius 2 is 2.30 bits per heavy atom. The Labute approximate surface area is 118 Å². The molecule has 0 aliphatic heterocycles. The average molecular weight is 280 g/mol. The predicted octanol–water partition coefficient (Wildman–Crippen LogP) is 2.06. The summed E-state index contributed by atoms with van der Waals surface area (Å²) < 4.78 is 14.0. The van der Waals surface area contributed by atoms with Crippen molar-refractivity contribution in [3.63, 3.8) is 0 Å². The molecule has 1 heterocycles. The molecule has 0 aromatic carbocycles. The molecular formula is C14H21FN4O. The number of hydrazine groups is 1. The zero-order valence-electron chi connectivity index (χ0n) is 11.8. The highest BCUT2D eigenvalue weighted by atomic mass is 19.1. The van der Waals surface area contributed by atoms with Gasteiger partial charge in [-0.1, -0.05) is 20.3 Å². The van der Waals surface area contributed by atoms with Crippen LogP contribution in [0.25, 0.3) is 0 Å². The molecule has 1 aliphatic rings. The molecule has 5 nitrogen and oxygen atoms in total. The summed E-state index contributed by atoms with van der Waals surface area (Å²) in [5, 5.41) is 2.93. The van der Waals surface area contributed by atoms with Crippen LogP contribution in [0.5, 0.6) is 0 Å². The lowest BCUT2D eigenvalue weighted by molar-refractivity contribution is 0.0922. The van der Waals surface area contributed by atoms with Crippen LogP contribution < -0.4 is 16.6 Å². The van der Waals surface area contributed by atoms with E-state index in [0.717, 1.165) is 19.3 Å². The quantitative estimate of drug-likeness (QED) is 0.582. The van der Waals surface area contributed by atoms with Crippen molar-refractivity contribution in [1.29, 1.82) is 0 Å². The molecule has 0 radical (unpaired) electrons. The first-order valence-electron chi connectivity index (χ1n) is 7.00. The van der Waals surface area contributed by atoms with E-state index in [1.54, 1.807) is 0 Å². The SMILES string of the molecule is CCC1CCC(NC(=O)c2ccnc(NN)c2F)C1C. The standard InChI is InChI=1S/C14H21FN4O/c1-3-9-4-5-11(8(9)2)18-14(20)10-6-7-17-13(19-16)12(10)15/h6-9,11H,3-5,16H2,1-2H3,(H,17,19)(H,18,20). The summed E-state index contributed by atoms with van der Waals surface area (Å²) in [6.45, 7) is 4.30. The van der Waals surface area contributed by atoms with Crippen molar-refractivity contribution in [2.45, 2.75) is 39.2 Å². The van der Waals surface area contributed by atoms with E-state index in [2.05, 4.69) is 29.6 Å². The van der Waals surface area contributed by atoms with Gasteiger partial charge in [-0.25, -0.2) is 15.2 Å². The maximum Gasteiger partial charge on any atom is 0.254 e. The van der Waals surface area contributed by atoms with Gasteiger partial charge in [0, 0.05) is 12.2 Å². The number of nitrogen functional groups attached to an aromatic ring is 1. The van der Waals surface area contributed by atoms with Gasteiger partial charge in [0.05, 0.1) is 5.56 Å². The van der Waals surface area contributed by atoms with Crippen LogP contribution in [0.15, 0.2) is 12.3 Å². The first-order chi connectivity index (χ1) is 9.58. The highest BCUT2D eigenvalue weighted by Crippen LogP contribution is 2.34. The first-order valence-corrected chi connectivity index (χ1v) is 7.00. The zero-order valence-corrected chi connectivity index (χ0v) is 11.8. The third kappa shape index (κ3) is 2.75. The minimum absolute atomic E-state index is 0.0277. The summed E-state index contributed by atoms with van der Waals surface area (Å²) in [4.78, 5) is 15.9. The number of anilines is 1. The highest BCUT2D eigenvalue weighted by molar-refractivity contribution is 5.95. The molecule has 1 aromatic rings. The van der Waals surface area contributed by atoms with Crippen LogP contribution in [0.3, 0.4) is 0 Å². The predicted molar refractivity (Wildman–Crippen MR) is 75.4 cm³/mol. The highest BCUT2D eigenvalue weighted by Gasteiger charge is 2.33. The summed E-state index contributed by atoms with van der Waals surface area (Å²) in [6, 6.07) is 1.47. The number of carbonyl (C=O) groups excluding carboxylic acids is 1. The minimum Gasteiger partial charge on any atom is -0.349 e. The largest absolute Gasteiger partial charge is 0.349 e. The summed E-state index contributed by atoms with van der Waals surface area (Å²) in [5.74, 6) is 4.96. The fraction of sp³-hybridized carbons (Fsp3) is 0.571. The Bertz CT molecular complexity index is 494. The molecule has 1 amide bonds. The van der Waals surface area contributed by atoms with Crippen LogP contribution in [0.4, 0.5) is 10.2 Å². The third-order valence-electron chi connectivity index (χ3n) is 4.34. The van der Waals surface area contributed by atoms with Gasteiger partial charge in [0.15, 0.2) is 11.6 Å². The van der Waals surface area contributed by atoms with Crippen LogP contribution in [0.2, 0.25) is 0 Å². The second-order valence-electron chi connectivity index (χ2n) is 5.35. The van der Waals surface area contributed by atoms with E-state index in [1.807, 2.05) is 0 Å². The van der Waals surface area contributed by atoms with Crippen molar-refractivity contribution >= 4 is 11.7 Å². The van der Waals surface area contributed by atoms with Gasteiger partial charge in [-0.3, -0.25) is 4.79 Å². The minimum atomic E-state index is -0.717. The Morgan fingerprint density at radius 3 is 2.90 bits per heavy atom. The number of nitrogens with zero attached hydrogens (tertiary/aromatic N) is 1. The van der Waals surface area contributed by atoms with E-state index in [0.29, 0.717) is 11.8 Å². The summed E-state index contributed by atoms with van der Waals surface area (Å²) in [6.07, 6.45) is 4.52. The Hall–Kier alpha value is -1.69. The van der Waals surface area contributed by atoms with E-state index in [9.17, 15) is 9.18 Å². The molecule has 6 heteroatoms. The molecule has 1 saturated carbocycles. The van der Waals surface area contributed by atoms with Crippen molar-refractivity contribution in [2.75, 3.05) is 5.43 Å². The van der Waals surface area contributed by atoms with Crippen LogP contribution in [0.1, 0.15) is 43.5 Å². The monoisotopic (exact) mass is 280 g/mol. The van der Waals surface area contributed by atoms with Crippen molar-refractivity contribution < 1.29 is 9.18 Å². The molecule has 3 atom stereocenters. The number of rotatable bonds is 4. The van der Waals surface area contributed by atoms with Crippen molar-refractivity contribution in [3.8, 4) is 0 Å². The fourth-order valence-corrected chi connectivity index (χ4v) is 2.99. The Kier molecular flexibility index (Phi) is 4.54. The van der Waals surface area contributed by atoms with Crippen molar-refractivity contribution in [3.05, 3.63) is 23.6 Å². The normalized spacial score (nSPS) is 25.5. The molecule has 0 saturated heterocycles. The van der Waals surface area contributed by atoms with Gasteiger partial charge in [-0.05, 0) is 30.7 Å². The average Bonchev–Trinajstić information content (AvgIpc) is 2.79. The summed E-state index contributed by atoms with van der Waals surface area (Å²) in [5.41, 5.74) is 2.12. The fourth-order valence-electron chi connectivity index (χ4n) is 2.99. The van der Waals surface area contributed by atoms with Crippen LogP contribution in [0, 0.1) is 17.7 Å². The van der Waals surface area contributed by atoms with Gasteiger partial charge < -0.3 is 10.7 Å². The summed E-state index contributed by atoms with van der Waals surface area (Å²) in [7, 11) is 0. The molecule has 4 N–H and O–H groups in total. The number of carbonyl (C=O) groups is 1. The zero-order chi connectivity index (χ0) is 14.7. The molecule has 2 rings (SSSR count). The number of amides is 1. The van der Waals surface area contributed by atoms with Crippen LogP contribution >= 0.6 is 0 Å². The smallest absolute Gasteiger partial charge is 0.254 e. The van der Waals surface area contributed by atoms with Gasteiger partial charge in [0.2, 0.25) is 0 Å². The van der Waals surface area contributed by atoms with E-state index in [4.69, 9.17) is 5.84 Å². The molecular weight excluding hydrogens is 259 g/mol. The number of halogens is 1. The molecule has 1 aromatic heterocycles. The van der Waals surface area contributed by atoms with Gasteiger partial charge in [-0.2, -0.15) is 0 Å². The molecule has 3 unspecified atom stereocenters. The van der Waals surface area contributed by atoms with Crippen LogP contribution in [-0.4, -0.2) is 16.9 Å². The maximum absolute atomic E-state index is 14.0. The summed E-state index contributed by atoms with van der Waals surface area (Å²) >= 11 is 0. The van der Waals surface area contributed by atoms with E-state index >= 15 is 0 Å². The van der Waals surface area contributed by atoms with Gasteiger partial charge >= 0.3 is 0 Å². The molecule has 20 heavy (non-hydrogen) atoms. The van der Waals surface area contributed by atoms with Gasteiger partial charge in [0.25, 0.3) is 5.91 Å². The van der Waals surface area contributed by atoms with Gasteiger partial charge in [0.1, 0.15) is 0 Å². The topological polar surface area (TPSA) is 80.0 Å². The Balaban J connectivity index is 2.10. The van der Waals surface area contributed by atoms with Gasteiger partial charge in [-0.15, -0.1) is 0 Å². The second kappa shape index (κ2) is 6.17. The molecule has 0 spiro atoms. The van der Waals surface area contributed by atoms with Crippen molar-refractivity contribution in [1.82, 2.24) is 10.3 Å². The number of nitrogens with two attached hydrogens (primary N) is 1. The molecule has 1 fully saturated rings. The lowest BCUT2D eigenvalue weighted by Crippen LogP contribution is -2.38. The number of aromatic nitrogens is 1. The number of hydrogen-bond acceptors (Lipinski definition) is 4. The van der Waals surface area contributed by atoms with E-state index in [-0.39, 0.29) is 17.4 Å². The second-order valence-corrected chi connectivity index (χ2v) is 5.35. The van der Waals surface area contributed by atoms with E-state index < -0.39 is 11.7 Å². The lowest BCUT2D eigenvalue weighted by atomic mass is 9.93. The molecule has 110 valence electrons. The van der Waals surface area contributed by atoms with Crippen molar-refractivity contribution in [2.24, 2.45) is 17.7 Å². The third-order valence-corrected chi connectivity index (χ3v) is 4.34. The van der Waals surface area contributed by atoms with Crippen LogP contribution in [-0.2, 0) is 0 Å². The van der Waals surface area contributed by atoms with E-state index in [1.165, 1.54) is 12.3 Å². The maximum atomic E-state index is 14.0. The first kappa shape index (κ1) is 14.7. The lowest BCUT2D eigenvalue weighted by Gasteiger charge is -2.21. The number of hydrogen-bond donors (Lipinski definition) is 3. The number of pyridine rings is 1. The number of nitrogens with one attached hydrogen (secondary N) is 2. The molecule has 1 aliphatic carbocycles. The Morgan fingerprint density at radius 1 is 1.55 bits per heavy atom.